The van der Waals surface area contributed by atoms with Gasteiger partial charge in [0.25, 0.3) is 0 Å². The fourth-order valence-electron chi connectivity index (χ4n) is 3.85. The van der Waals surface area contributed by atoms with Crippen molar-refractivity contribution >= 4 is 5.97 Å². The molecule has 0 saturated heterocycles. The average Bonchev–Trinajstić information content (AvgIpc) is 2.60. The lowest BCUT2D eigenvalue weighted by Crippen LogP contribution is -2.41. The molecule has 0 bridgehead atoms. The second-order valence-corrected chi connectivity index (χ2v) is 8.81. The molecular weight excluding hydrogens is 364 g/mol. The Morgan fingerprint density at radius 2 is 1.86 bits per heavy atom. The molecule has 152 valence electrons. The molecule has 0 fully saturated rings. The first kappa shape index (κ1) is 20.9. The minimum Gasteiger partial charge on any atom is -0.488 e. The number of aryl methyl sites for hydroxylation is 1. The molecule has 1 aromatic carbocycles. The zero-order chi connectivity index (χ0) is 21.2. The molecule has 1 aromatic heterocycles. The van der Waals surface area contributed by atoms with Crippen molar-refractivity contribution in [3.63, 3.8) is 0 Å². The summed E-state index contributed by atoms with van der Waals surface area (Å²) in [6, 6.07) is 4.27. The van der Waals surface area contributed by atoms with Gasteiger partial charge in [0, 0.05) is 29.9 Å². The maximum absolute atomic E-state index is 11.5. The van der Waals surface area contributed by atoms with E-state index in [-0.39, 0.29) is 23.0 Å². The lowest BCUT2D eigenvalue weighted by Gasteiger charge is -2.42. The molecule has 0 unspecified atom stereocenters. The molecule has 5 nitrogen and oxygen atoms in total. The van der Waals surface area contributed by atoms with Crippen LogP contribution in [0.4, 0.5) is 0 Å². The van der Waals surface area contributed by atoms with Crippen LogP contribution in [-0.2, 0) is 10.2 Å². The van der Waals surface area contributed by atoms with Crippen molar-refractivity contribution in [3.05, 3.63) is 46.8 Å². The lowest BCUT2D eigenvalue weighted by atomic mass is 9.73. The molecule has 3 rings (SSSR count). The first-order valence-electron chi connectivity index (χ1n) is 9.98. The zero-order valence-electron chi connectivity index (χ0n) is 18.0. The minimum absolute atomic E-state index is 0.00827. The predicted molar refractivity (Wildman–Crippen MR) is 112 cm³/mol. The third-order valence-corrected chi connectivity index (χ3v) is 4.94. The van der Waals surface area contributed by atoms with Gasteiger partial charge in [-0.3, -0.25) is 4.79 Å². The summed E-state index contributed by atoms with van der Waals surface area (Å²) in [6.45, 7) is 12.7. The highest BCUT2D eigenvalue weighted by Crippen LogP contribution is 2.45. The molecule has 1 aliphatic heterocycles. The van der Waals surface area contributed by atoms with Crippen molar-refractivity contribution < 1.29 is 14.3 Å². The molecule has 0 aliphatic carbocycles. The van der Waals surface area contributed by atoms with E-state index < -0.39 is 0 Å². The molecule has 0 spiro atoms. The van der Waals surface area contributed by atoms with E-state index >= 15 is 0 Å². The number of esters is 1. The number of carbonyl (C=O) groups excluding carboxylic acids is 1. The van der Waals surface area contributed by atoms with Crippen LogP contribution in [0, 0.1) is 18.8 Å². The van der Waals surface area contributed by atoms with E-state index in [1.54, 1.807) is 12.4 Å². The first-order valence-corrected chi connectivity index (χ1v) is 9.98. The molecule has 0 N–H and O–H groups in total. The largest absolute Gasteiger partial charge is 0.488 e. The summed E-state index contributed by atoms with van der Waals surface area (Å²) in [5.41, 5.74) is 3.69. The molecule has 29 heavy (non-hydrogen) atoms. The fourth-order valence-corrected chi connectivity index (χ4v) is 3.85. The third kappa shape index (κ3) is 4.95. The Balaban J connectivity index is 1.84. The van der Waals surface area contributed by atoms with Gasteiger partial charge in [0.05, 0.1) is 5.56 Å². The minimum atomic E-state index is -0.330. The molecule has 1 aliphatic rings. The van der Waals surface area contributed by atoms with Crippen LogP contribution in [0.5, 0.6) is 11.8 Å². The Hall–Kier alpha value is -2.87. The van der Waals surface area contributed by atoms with Crippen LogP contribution in [0.15, 0.2) is 24.5 Å². The van der Waals surface area contributed by atoms with Crippen LogP contribution in [0.25, 0.3) is 0 Å². The Morgan fingerprint density at radius 3 is 2.52 bits per heavy atom. The monoisotopic (exact) mass is 392 g/mol. The quantitative estimate of drug-likeness (QED) is 0.558. The Bertz CT molecular complexity index is 980. The van der Waals surface area contributed by atoms with Crippen LogP contribution >= 0.6 is 0 Å². The maximum Gasteiger partial charge on any atom is 0.324 e. The van der Waals surface area contributed by atoms with Crippen LogP contribution in [0.3, 0.4) is 0 Å². The van der Waals surface area contributed by atoms with Crippen LogP contribution in [-0.4, -0.2) is 21.5 Å². The van der Waals surface area contributed by atoms with E-state index in [0.29, 0.717) is 12.0 Å². The third-order valence-electron chi connectivity index (χ3n) is 4.94. The molecule has 5 heteroatoms. The van der Waals surface area contributed by atoms with Crippen molar-refractivity contribution in [2.45, 2.75) is 71.8 Å². The van der Waals surface area contributed by atoms with E-state index in [4.69, 9.17) is 9.47 Å². The molecule has 0 saturated carbocycles. The van der Waals surface area contributed by atoms with Gasteiger partial charge in [-0.1, -0.05) is 32.6 Å². The first-order chi connectivity index (χ1) is 13.6. The van der Waals surface area contributed by atoms with Gasteiger partial charge in [-0.05, 0) is 56.7 Å². The highest BCUT2D eigenvalue weighted by Gasteiger charge is 2.39. The Labute approximate surface area is 172 Å². The van der Waals surface area contributed by atoms with E-state index in [1.165, 1.54) is 5.56 Å². The van der Waals surface area contributed by atoms with Gasteiger partial charge in [-0.2, -0.15) is 0 Å². The second kappa shape index (κ2) is 7.87. The van der Waals surface area contributed by atoms with E-state index in [1.807, 2.05) is 13.8 Å². The van der Waals surface area contributed by atoms with Gasteiger partial charge in [0.1, 0.15) is 11.4 Å². The average molecular weight is 392 g/mol. The number of hydrogen-bond acceptors (Lipinski definition) is 5. The highest BCUT2D eigenvalue weighted by atomic mass is 16.5. The number of rotatable bonds is 3. The highest BCUT2D eigenvalue weighted by molar-refractivity contribution is 5.71. The predicted octanol–water partition coefficient (Wildman–Crippen LogP) is 4.73. The number of benzene rings is 1. The number of fused-ring (bicyclic) bond motifs is 1. The smallest absolute Gasteiger partial charge is 0.324 e. The van der Waals surface area contributed by atoms with Crippen molar-refractivity contribution in [2.75, 3.05) is 0 Å². The van der Waals surface area contributed by atoms with Gasteiger partial charge < -0.3 is 9.47 Å². The summed E-state index contributed by atoms with van der Waals surface area (Å²) >= 11 is 0. The standard InChI is InChI=1S/C24H28N2O3/c1-7-8-21(27)28-22-25-13-17(14-26-22)9-10-18-12-19-20(11-16(18)2)29-24(5,6)15-23(19,3)4/h11-14H,7-8,15H2,1-6H3. The Kier molecular flexibility index (Phi) is 5.66. The van der Waals surface area contributed by atoms with Crippen LogP contribution in [0.2, 0.25) is 0 Å². The lowest BCUT2D eigenvalue weighted by molar-refractivity contribution is -0.134. The number of nitrogens with zero attached hydrogens (tertiary/aromatic N) is 2. The summed E-state index contributed by atoms with van der Waals surface area (Å²) in [7, 11) is 0. The van der Waals surface area contributed by atoms with Crippen molar-refractivity contribution in [2.24, 2.45) is 0 Å². The van der Waals surface area contributed by atoms with Crippen molar-refractivity contribution in [1.29, 1.82) is 0 Å². The van der Waals surface area contributed by atoms with Gasteiger partial charge in [-0.15, -0.1) is 0 Å². The van der Waals surface area contributed by atoms with Crippen LogP contribution in [0.1, 0.15) is 76.1 Å². The normalized spacial score (nSPS) is 16.1. The van der Waals surface area contributed by atoms with E-state index in [9.17, 15) is 4.79 Å². The fraction of sp³-hybridized carbons (Fsp3) is 0.458. The summed E-state index contributed by atoms with van der Waals surface area (Å²) in [5, 5.41) is 0. The summed E-state index contributed by atoms with van der Waals surface area (Å²) in [5.74, 6) is 6.94. The SMILES string of the molecule is CCCC(=O)Oc1ncc(C#Cc2cc3c(cc2C)OC(C)(C)CC3(C)C)cn1. The van der Waals surface area contributed by atoms with Gasteiger partial charge >= 0.3 is 12.0 Å². The number of carbonyl (C=O) groups is 1. The van der Waals surface area contributed by atoms with Crippen molar-refractivity contribution in [3.8, 4) is 23.6 Å². The van der Waals surface area contributed by atoms with Gasteiger partial charge in [0.2, 0.25) is 0 Å². The maximum atomic E-state index is 11.5. The molecular formula is C24H28N2O3. The number of aromatic nitrogens is 2. The van der Waals surface area contributed by atoms with E-state index in [0.717, 1.165) is 29.7 Å². The summed E-state index contributed by atoms with van der Waals surface area (Å²) < 4.78 is 11.3. The van der Waals surface area contributed by atoms with Gasteiger partial charge in [-0.25, -0.2) is 9.97 Å². The molecule has 2 aromatic rings. The molecule has 2 heterocycles. The molecule has 0 amide bonds. The number of ether oxygens (including phenoxy) is 2. The van der Waals surface area contributed by atoms with Crippen LogP contribution < -0.4 is 9.47 Å². The topological polar surface area (TPSA) is 61.3 Å². The Morgan fingerprint density at radius 1 is 1.17 bits per heavy atom. The molecule has 0 atom stereocenters. The summed E-state index contributed by atoms with van der Waals surface area (Å²) in [6.07, 6.45) is 5.15. The molecule has 0 radical (unpaired) electrons. The van der Waals surface area contributed by atoms with Gasteiger partial charge in [0.15, 0.2) is 0 Å². The van der Waals surface area contributed by atoms with Crippen molar-refractivity contribution in [1.82, 2.24) is 9.97 Å². The number of hydrogen-bond donors (Lipinski definition) is 0. The second-order valence-electron chi connectivity index (χ2n) is 8.81. The summed E-state index contributed by atoms with van der Waals surface area (Å²) in [4.78, 5) is 19.7. The zero-order valence-corrected chi connectivity index (χ0v) is 18.0. The van der Waals surface area contributed by atoms with E-state index in [2.05, 4.69) is 61.6 Å².